The van der Waals surface area contributed by atoms with Gasteiger partial charge < -0.3 is 28.4 Å². The second-order valence-electron chi connectivity index (χ2n) is 11.7. The largest absolute Gasteiger partial charge is 0.463 e. The number of nitro benzene ring substituents is 1. The van der Waals surface area contributed by atoms with Crippen LogP contribution in [0.1, 0.15) is 27.7 Å². The summed E-state index contributed by atoms with van der Waals surface area (Å²) in [5.41, 5.74) is 0.452. The lowest BCUT2D eigenvalue weighted by molar-refractivity contribution is -0.384. The molecule has 1 aromatic heterocycles. The SMILES string of the molecule is CC(=O)OC[C@H]1O[C@@H](Sc2nc(-c3cccc([N+](=O)[O-])c3)cc(-c3ccc4c(c3)Sc3ccccc3O4)n2)[C@H](OC(C)=O)[C@@H](OC(C)=O)[C@@H]1OC(C)=O. The number of nitro groups is 1. The van der Waals surface area contributed by atoms with Gasteiger partial charge in [0.05, 0.1) is 26.1 Å². The minimum atomic E-state index is -1.40. The highest BCUT2D eigenvalue weighted by Crippen LogP contribution is 2.48. The van der Waals surface area contributed by atoms with E-state index in [1.807, 2.05) is 42.5 Å². The summed E-state index contributed by atoms with van der Waals surface area (Å²) in [6, 6.07) is 20.8. The lowest BCUT2D eigenvalue weighted by Crippen LogP contribution is -2.61. The van der Waals surface area contributed by atoms with E-state index in [9.17, 15) is 29.3 Å². The Hall–Kier alpha value is -5.52. The Labute approximate surface area is 310 Å². The fraction of sp³-hybridized carbons (Fsp3) is 0.278. The van der Waals surface area contributed by atoms with E-state index in [1.54, 1.807) is 12.1 Å². The Balaban J connectivity index is 1.44. The standard InChI is InChI=1S/C36H31N3O12S2/c1-18(40)46-17-29-32(47-19(2)41)33(48-20(3)42)34(49-21(4)43)35(51-29)53-36-37-25(22-8-7-9-24(14-22)39(44)45)16-26(38-36)23-12-13-28-31(15-23)52-30-11-6-5-10-27(30)50-28/h5-16,29,32-35H,17H2,1-4H3/t29-,32-,33+,34-,35+/m1/s1. The summed E-state index contributed by atoms with van der Waals surface area (Å²) in [7, 11) is 0. The molecule has 0 N–H and O–H groups in total. The van der Waals surface area contributed by atoms with Crippen LogP contribution in [0.3, 0.4) is 0 Å². The van der Waals surface area contributed by atoms with Gasteiger partial charge in [-0.3, -0.25) is 29.3 Å². The molecule has 1 saturated heterocycles. The average Bonchev–Trinajstić information content (AvgIpc) is 3.11. The summed E-state index contributed by atoms with van der Waals surface area (Å²) in [5, 5.41) is 11.8. The van der Waals surface area contributed by atoms with Crippen LogP contribution in [0.4, 0.5) is 5.69 Å². The van der Waals surface area contributed by atoms with Crippen LogP contribution in [0.5, 0.6) is 11.5 Å². The predicted molar refractivity (Wildman–Crippen MR) is 188 cm³/mol. The summed E-state index contributed by atoms with van der Waals surface area (Å²) >= 11 is 2.42. The van der Waals surface area contributed by atoms with Gasteiger partial charge in [0.15, 0.2) is 28.9 Å². The highest BCUT2D eigenvalue weighted by Gasteiger charge is 2.52. The molecule has 0 unspecified atom stereocenters. The van der Waals surface area contributed by atoms with Crippen molar-refractivity contribution in [1.82, 2.24) is 9.97 Å². The van der Waals surface area contributed by atoms with Crippen LogP contribution in [0.15, 0.2) is 87.7 Å². The normalized spacial score (nSPS) is 20.1. The van der Waals surface area contributed by atoms with Crippen LogP contribution >= 0.6 is 23.5 Å². The van der Waals surface area contributed by atoms with Crippen LogP contribution < -0.4 is 4.74 Å². The molecular formula is C36H31N3O12S2. The molecule has 1 fully saturated rings. The molecule has 3 heterocycles. The van der Waals surface area contributed by atoms with Crippen LogP contribution in [0.2, 0.25) is 0 Å². The number of non-ortho nitro benzene ring substituents is 1. The molecule has 0 aliphatic carbocycles. The first kappa shape index (κ1) is 37.2. The minimum absolute atomic E-state index is 0.0804. The zero-order chi connectivity index (χ0) is 37.8. The number of carbonyl (C=O) groups is 4. The van der Waals surface area contributed by atoms with Crippen molar-refractivity contribution in [3.63, 3.8) is 0 Å². The van der Waals surface area contributed by atoms with Gasteiger partial charge in [-0.05, 0) is 36.4 Å². The van der Waals surface area contributed by atoms with E-state index in [1.165, 1.54) is 36.9 Å². The Kier molecular flexibility index (Phi) is 11.3. The molecule has 2 aliphatic rings. The van der Waals surface area contributed by atoms with E-state index in [0.29, 0.717) is 28.3 Å². The zero-order valence-electron chi connectivity index (χ0n) is 28.6. The number of hydrogen-bond donors (Lipinski definition) is 0. The monoisotopic (exact) mass is 761 g/mol. The van der Waals surface area contributed by atoms with Gasteiger partial charge in [0, 0.05) is 51.0 Å². The first-order valence-electron chi connectivity index (χ1n) is 16.0. The maximum absolute atomic E-state index is 12.4. The number of benzene rings is 3. The highest BCUT2D eigenvalue weighted by molar-refractivity contribution is 7.99. The fourth-order valence-electron chi connectivity index (χ4n) is 5.63. The minimum Gasteiger partial charge on any atom is -0.463 e. The van der Waals surface area contributed by atoms with Crippen molar-refractivity contribution < 1.29 is 52.5 Å². The predicted octanol–water partition coefficient (Wildman–Crippen LogP) is 6.15. The number of thioether (sulfide) groups is 1. The molecule has 2 aliphatic heterocycles. The molecule has 0 spiro atoms. The maximum Gasteiger partial charge on any atom is 0.303 e. The Morgan fingerprint density at radius 3 is 2.08 bits per heavy atom. The quantitative estimate of drug-likeness (QED) is 0.0517. The number of fused-ring (bicyclic) bond motifs is 2. The molecule has 53 heavy (non-hydrogen) atoms. The first-order valence-corrected chi connectivity index (χ1v) is 17.7. The van der Waals surface area contributed by atoms with Crippen molar-refractivity contribution in [2.24, 2.45) is 0 Å². The number of hydrogen-bond acceptors (Lipinski definition) is 16. The van der Waals surface area contributed by atoms with Crippen molar-refractivity contribution in [2.45, 2.75) is 72.5 Å². The molecule has 0 bridgehead atoms. The van der Waals surface area contributed by atoms with Gasteiger partial charge in [-0.2, -0.15) is 0 Å². The Morgan fingerprint density at radius 2 is 1.40 bits per heavy atom. The number of nitrogens with zero attached hydrogens (tertiary/aromatic N) is 3. The van der Waals surface area contributed by atoms with Gasteiger partial charge >= 0.3 is 23.9 Å². The first-order chi connectivity index (χ1) is 25.3. The van der Waals surface area contributed by atoms with Crippen molar-refractivity contribution >= 4 is 53.1 Å². The fourth-order valence-corrected chi connectivity index (χ4v) is 7.67. The number of para-hydroxylation sites is 1. The summed E-state index contributed by atoms with van der Waals surface area (Å²) in [5.74, 6) is -1.56. The third-order valence-corrected chi connectivity index (χ3v) is 9.86. The Morgan fingerprint density at radius 1 is 0.755 bits per heavy atom. The number of ether oxygens (including phenoxy) is 6. The summed E-state index contributed by atoms with van der Waals surface area (Å²) in [4.78, 5) is 71.2. The third-order valence-electron chi connectivity index (χ3n) is 7.76. The van der Waals surface area contributed by atoms with Gasteiger partial charge in [-0.25, -0.2) is 9.97 Å². The van der Waals surface area contributed by atoms with E-state index in [2.05, 4.69) is 0 Å². The maximum atomic E-state index is 12.4. The van der Waals surface area contributed by atoms with Crippen molar-refractivity contribution in [3.05, 3.63) is 82.9 Å². The van der Waals surface area contributed by atoms with Gasteiger partial charge in [-0.15, -0.1) is 0 Å². The van der Waals surface area contributed by atoms with E-state index in [0.717, 1.165) is 48.1 Å². The number of rotatable bonds is 10. The van der Waals surface area contributed by atoms with Gasteiger partial charge in [0.25, 0.3) is 5.69 Å². The summed E-state index contributed by atoms with van der Waals surface area (Å²) in [6.07, 6.45) is -5.29. The van der Waals surface area contributed by atoms with E-state index >= 15 is 0 Å². The lowest BCUT2D eigenvalue weighted by atomic mass is 9.99. The molecule has 0 amide bonds. The van der Waals surface area contributed by atoms with E-state index in [4.69, 9.17) is 38.4 Å². The van der Waals surface area contributed by atoms with Crippen LogP contribution in [0.25, 0.3) is 22.5 Å². The second kappa shape index (κ2) is 16.0. The molecule has 17 heteroatoms. The van der Waals surface area contributed by atoms with Crippen LogP contribution in [0, 0.1) is 10.1 Å². The smallest absolute Gasteiger partial charge is 0.303 e. The van der Waals surface area contributed by atoms with E-state index < -0.39 is 65.3 Å². The molecule has 5 atom stereocenters. The molecule has 0 saturated carbocycles. The van der Waals surface area contributed by atoms with Crippen LogP contribution in [-0.2, 0) is 42.9 Å². The van der Waals surface area contributed by atoms with Gasteiger partial charge in [-0.1, -0.05) is 47.8 Å². The summed E-state index contributed by atoms with van der Waals surface area (Å²) < 4.78 is 34.3. The number of carbonyl (C=O) groups excluding carboxylic acids is 4. The third kappa shape index (κ3) is 8.93. The van der Waals surface area contributed by atoms with Crippen molar-refractivity contribution in [2.75, 3.05) is 6.61 Å². The van der Waals surface area contributed by atoms with Crippen molar-refractivity contribution in [1.29, 1.82) is 0 Å². The zero-order valence-corrected chi connectivity index (χ0v) is 30.2. The molecule has 15 nitrogen and oxygen atoms in total. The molecule has 6 rings (SSSR count). The number of aromatic nitrogens is 2. The van der Waals surface area contributed by atoms with Gasteiger partial charge in [0.2, 0.25) is 0 Å². The Bertz CT molecular complexity index is 2100. The van der Waals surface area contributed by atoms with Gasteiger partial charge in [0.1, 0.15) is 24.2 Å². The van der Waals surface area contributed by atoms with Crippen LogP contribution in [-0.4, -0.2) is 75.2 Å². The molecule has 274 valence electrons. The topological polar surface area (TPSA) is 193 Å². The average molecular weight is 762 g/mol. The molecular weight excluding hydrogens is 731 g/mol. The molecule has 0 radical (unpaired) electrons. The van der Waals surface area contributed by atoms with Crippen molar-refractivity contribution in [3.8, 4) is 34.0 Å². The van der Waals surface area contributed by atoms with E-state index in [-0.39, 0.29) is 10.8 Å². The second-order valence-corrected chi connectivity index (χ2v) is 13.9. The number of esters is 4. The lowest BCUT2D eigenvalue weighted by Gasteiger charge is -2.43. The highest BCUT2D eigenvalue weighted by atomic mass is 32.2. The molecule has 4 aromatic rings. The summed E-state index contributed by atoms with van der Waals surface area (Å²) in [6.45, 7) is 4.18. The molecule has 3 aromatic carbocycles.